The fourth-order valence-electron chi connectivity index (χ4n) is 10.6. The van der Waals surface area contributed by atoms with Crippen LogP contribution in [0.15, 0.2) is 255 Å². The Kier molecular flexibility index (Phi) is 9.73. The van der Waals surface area contributed by atoms with Crippen LogP contribution >= 0.6 is 0 Å². The van der Waals surface area contributed by atoms with E-state index in [1.807, 2.05) is 0 Å². The maximum atomic E-state index is 5.13. The molecule has 9 aromatic carbocycles. The first kappa shape index (κ1) is 40.2. The van der Waals surface area contributed by atoms with Crippen molar-refractivity contribution in [2.45, 2.75) is 6.42 Å². The molecule has 324 valence electrons. The van der Waals surface area contributed by atoms with Gasteiger partial charge in [-0.1, -0.05) is 195 Å². The minimum Gasteiger partial charge on any atom is -0.309 e. The van der Waals surface area contributed by atoms with Gasteiger partial charge in [0, 0.05) is 44.0 Å². The summed E-state index contributed by atoms with van der Waals surface area (Å²) in [6, 6.07) is 81.5. The van der Waals surface area contributed by atoms with E-state index < -0.39 is 0 Å². The molecule has 0 amide bonds. The second-order valence-electron chi connectivity index (χ2n) is 18.0. The van der Waals surface area contributed by atoms with Gasteiger partial charge >= 0.3 is 0 Å². The molecule has 69 heavy (non-hydrogen) atoms. The van der Waals surface area contributed by atoms with Crippen molar-refractivity contribution in [2.24, 2.45) is 0 Å². The van der Waals surface area contributed by atoms with Gasteiger partial charge in [0.2, 0.25) is 0 Å². The molecule has 0 spiro atoms. The minimum atomic E-state index is 0.821. The molecule has 12 aromatic rings. The van der Waals surface area contributed by atoms with E-state index in [0.717, 1.165) is 62.6 Å². The first-order chi connectivity index (χ1) is 34.1. The summed E-state index contributed by atoms with van der Waals surface area (Å²) in [5, 5.41) is 4.93. The summed E-state index contributed by atoms with van der Waals surface area (Å²) in [6.45, 7) is 4.42. The maximum Gasteiger partial charge on any atom is 0.0715 e. The summed E-state index contributed by atoms with van der Waals surface area (Å²) in [4.78, 5) is 5.13. The van der Waals surface area contributed by atoms with E-state index in [-0.39, 0.29) is 0 Å². The molecule has 3 aromatic heterocycles. The van der Waals surface area contributed by atoms with Crippen LogP contribution in [0.1, 0.15) is 11.1 Å². The van der Waals surface area contributed by atoms with Gasteiger partial charge in [0.05, 0.1) is 33.5 Å². The number of hydrogen-bond acceptors (Lipinski definition) is 1. The third-order valence-corrected chi connectivity index (χ3v) is 13.9. The average Bonchev–Trinajstić information content (AvgIpc) is 3.93. The lowest BCUT2D eigenvalue weighted by Crippen LogP contribution is -1.99. The van der Waals surface area contributed by atoms with Crippen LogP contribution in [-0.2, 0) is 6.42 Å². The summed E-state index contributed by atoms with van der Waals surface area (Å²) in [5.41, 5.74) is 21.6. The lowest BCUT2D eigenvalue weighted by molar-refractivity contribution is 1.15. The van der Waals surface area contributed by atoms with Crippen LogP contribution in [0.2, 0.25) is 0 Å². The number of para-hydroxylation sites is 2. The molecular weight excluding hydrogens is 835 g/mol. The molecule has 3 nitrogen and oxygen atoms in total. The minimum absolute atomic E-state index is 0.821. The Morgan fingerprint density at radius 3 is 1.48 bits per heavy atom. The van der Waals surface area contributed by atoms with E-state index in [0.29, 0.717) is 0 Å². The number of aromatic nitrogens is 3. The molecule has 3 heterocycles. The van der Waals surface area contributed by atoms with E-state index in [1.54, 1.807) is 0 Å². The number of benzene rings is 9. The van der Waals surface area contributed by atoms with Crippen molar-refractivity contribution in [2.75, 3.05) is 0 Å². The first-order valence-electron chi connectivity index (χ1n) is 23.7. The summed E-state index contributed by atoms with van der Waals surface area (Å²) in [5.74, 6) is 0. The number of fused-ring (bicyclic) bond motifs is 9. The zero-order chi connectivity index (χ0) is 45.8. The van der Waals surface area contributed by atoms with Gasteiger partial charge < -0.3 is 9.13 Å². The van der Waals surface area contributed by atoms with E-state index in [1.165, 1.54) is 71.4 Å². The maximum absolute atomic E-state index is 5.13. The highest BCUT2D eigenvalue weighted by Crippen LogP contribution is 2.41. The molecule has 0 saturated carbocycles. The number of pyridine rings is 1. The lowest BCUT2D eigenvalue weighted by atomic mass is 9.90. The molecule has 1 aliphatic rings. The molecule has 0 N–H and O–H groups in total. The fourth-order valence-corrected chi connectivity index (χ4v) is 10.6. The predicted molar refractivity (Wildman–Crippen MR) is 291 cm³/mol. The van der Waals surface area contributed by atoms with Gasteiger partial charge in [-0.25, -0.2) is 4.98 Å². The molecule has 0 bridgehead atoms. The molecule has 0 fully saturated rings. The van der Waals surface area contributed by atoms with Crippen molar-refractivity contribution in [3.05, 3.63) is 266 Å². The van der Waals surface area contributed by atoms with Crippen LogP contribution in [0.25, 0.3) is 116 Å². The van der Waals surface area contributed by atoms with Gasteiger partial charge in [-0.3, -0.25) is 0 Å². The summed E-state index contributed by atoms with van der Waals surface area (Å²) >= 11 is 0. The third-order valence-electron chi connectivity index (χ3n) is 13.9. The molecule has 0 atom stereocenters. The van der Waals surface area contributed by atoms with Crippen LogP contribution < -0.4 is 0 Å². The molecule has 0 aliphatic heterocycles. The zero-order valence-electron chi connectivity index (χ0n) is 37.9. The number of nitrogens with zero attached hydrogens (tertiary/aromatic N) is 3. The number of rotatable bonds is 6. The highest BCUT2D eigenvalue weighted by Gasteiger charge is 2.19. The van der Waals surface area contributed by atoms with Crippen LogP contribution in [0, 0.1) is 0 Å². The summed E-state index contributed by atoms with van der Waals surface area (Å²) in [6.07, 6.45) is 9.41. The van der Waals surface area contributed by atoms with E-state index in [4.69, 9.17) is 4.98 Å². The lowest BCUT2D eigenvalue weighted by Gasteiger charge is -2.17. The third kappa shape index (κ3) is 7.03. The van der Waals surface area contributed by atoms with Crippen LogP contribution in [0.4, 0.5) is 0 Å². The topological polar surface area (TPSA) is 22.8 Å². The summed E-state index contributed by atoms with van der Waals surface area (Å²) in [7, 11) is 0. The van der Waals surface area contributed by atoms with Crippen LogP contribution in [-0.4, -0.2) is 14.1 Å². The standard InChI is InChI=1S/C66H45N3/c1-44-17-5-2-10-22-50-39-53(35-38-55(50)56-24-12-11-23-54(44)56)69-64-28-16-14-26-58(64)60-37-32-49(43-66(60)69)48-31-36-59-57-25-13-15-27-63(57)68(65(59)42-48)52-33-29-45(30-34-52)51-40-61(46-18-6-3-7-19-46)67-62(41-51)47-20-8-4-9-21-47/h2-21,23-43H,1,22H2/b10-2-,17-5-. The van der Waals surface area contributed by atoms with E-state index >= 15 is 0 Å². The first-order valence-corrected chi connectivity index (χ1v) is 23.7. The Balaban J connectivity index is 0.928. The average molecular weight is 880 g/mol. The van der Waals surface area contributed by atoms with Crippen molar-refractivity contribution in [1.29, 1.82) is 0 Å². The van der Waals surface area contributed by atoms with Gasteiger partial charge in [0.15, 0.2) is 0 Å². The normalized spacial score (nSPS) is 13.4. The van der Waals surface area contributed by atoms with Crippen molar-refractivity contribution in [3.63, 3.8) is 0 Å². The van der Waals surface area contributed by atoms with Crippen molar-refractivity contribution >= 4 is 49.2 Å². The smallest absolute Gasteiger partial charge is 0.0715 e. The Morgan fingerprint density at radius 2 is 0.855 bits per heavy atom. The monoisotopic (exact) mass is 879 g/mol. The molecule has 1 aliphatic carbocycles. The SMILES string of the molecule is C=C1/C=C\C=C/Cc2cc(-n3c4ccccc4c4ccc(-c5ccc6c7ccccc7n(-c7ccc(-c8cc(-c9ccccc9)nc(-c9ccccc9)c8)cc7)c6c5)cc43)ccc2-c2ccccc21. The van der Waals surface area contributed by atoms with Crippen LogP contribution in [0.5, 0.6) is 0 Å². The van der Waals surface area contributed by atoms with Gasteiger partial charge in [-0.15, -0.1) is 0 Å². The summed E-state index contributed by atoms with van der Waals surface area (Å²) < 4.78 is 4.87. The van der Waals surface area contributed by atoms with Gasteiger partial charge in [0.25, 0.3) is 0 Å². The Hall–Kier alpha value is -9.05. The predicted octanol–water partition coefficient (Wildman–Crippen LogP) is 17.3. The highest BCUT2D eigenvalue weighted by molar-refractivity contribution is 6.12. The number of hydrogen-bond donors (Lipinski definition) is 0. The quantitative estimate of drug-likeness (QED) is 0.163. The van der Waals surface area contributed by atoms with Gasteiger partial charge in [-0.05, 0) is 117 Å². The fraction of sp³-hybridized carbons (Fsp3) is 0.0152. The largest absolute Gasteiger partial charge is 0.309 e. The van der Waals surface area contributed by atoms with Gasteiger partial charge in [0.1, 0.15) is 0 Å². The van der Waals surface area contributed by atoms with E-state index in [9.17, 15) is 0 Å². The van der Waals surface area contributed by atoms with Crippen LogP contribution in [0.3, 0.4) is 0 Å². The van der Waals surface area contributed by atoms with Gasteiger partial charge in [-0.2, -0.15) is 0 Å². The molecular formula is C66H45N3. The second kappa shape index (κ2) is 16.7. The Bertz CT molecular complexity index is 3980. The molecule has 0 radical (unpaired) electrons. The Morgan fingerprint density at radius 1 is 0.348 bits per heavy atom. The second-order valence-corrected chi connectivity index (χ2v) is 18.0. The molecule has 13 rings (SSSR count). The van der Waals surface area contributed by atoms with E-state index in [2.05, 4.69) is 264 Å². The molecule has 0 unspecified atom stereocenters. The van der Waals surface area contributed by atoms with Crippen molar-refractivity contribution in [3.8, 4) is 67.3 Å². The number of allylic oxidation sites excluding steroid dienone is 5. The zero-order valence-corrected chi connectivity index (χ0v) is 37.9. The van der Waals surface area contributed by atoms with Crippen molar-refractivity contribution in [1.82, 2.24) is 14.1 Å². The van der Waals surface area contributed by atoms with Crippen molar-refractivity contribution < 1.29 is 0 Å². The molecule has 3 heteroatoms. The Labute approximate surface area is 401 Å². The highest BCUT2D eigenvalue weighted by atomic mass is 15.0. The molecule has 0 saturated heterocycles.